The fourth-order valence-corrected chi connectivity index (χ4v) is 3.71. The van der Waals surface area contributed by atoms with Crippen molar-refractivity contribution in [2.75, 3.05) is 18.0 Å². The van der Waals surface area contributed by atoms with Crippen molar-refractivity contribution in [2.45, 2.75) is 18.9 Å². The molecule has 2 atom stereocenters. The number of aryl methyl sites for hydroxylation is 1. The lowest BCUT2D eigenvalue weighted by Crippen LogP contribution is -2.22. The highest BCUT2D eigenvalue weighted by atomic mass is 19.2. The largest absolute Gasteiger partial charge is 0.350 e. The van der Waals surface area contributed by atoms with E-state index in [1.807, 2.05) is 19.4 Å². The lowest BCUT2D eigenvalue weighted by molar-refractivity contribution is 0.217. The summed E-state index contributed by atoms with van der Waals surface area (Å²) < 4.78 is 28.9. The zero-order valence-corrected chi connectivity index (χ0v) is 15.3. The molecule has 2 aliphatic heterocycles. The van der Waals surface area contributed by atoms with Gasteiger partial charge in [0.05, 0.1) is 37.2 Å². The fraction of sp³-hybridized carbons (Fsp3) is 0.300. The first-order valence-corrected chi connectivity index (χ1v) is 9.11. The van der Waals surface area contributed by atoms with Crippen LogP contribution in [0.4, 0.5) is 14.6 Å². The number of rotatable bonds is 3. The Morgan fingerprint density at radius 2 is 1.86 bits per heavy atom. The van der Waals surface area contributed by atoms with Gasteiger partial charge in [-0.05, 0) is 17.2 Å². The maximum Gasteiger partial charge on any atom is 0.150 e. The fourth-order valence-electron chi connectivity index (χ4n) is 3.71. The summed E-state index contributed by atoms with van der Waals surface area (Å²) in [6.45, 7) is 0.595. The molecule has 0 bridgehead atoms. The predicted molar refractivity (Wildman–Crippen MR) is 102 cm³/mol. The molecule has 0 spiro atoms. The molecule has 0 unspecified atom stereocenters. The van der Waals surface area contributed by atoms with Crippen LogP contribution >= 0.6 is 0 Å². The van der Waals surface area contributed by atoms with Crippen LogP contribution in [0.1, 0.15) is 16.8 Å². The van der Waals surface area contributed by atoms with Crippen molar-refractivity contribution < 1.29 is 8.78 Å². The van der Waals surface area contributed by atoms with E-state index in [1.54, 1.807) is 15.6 Å². The van der Waals surface area contributed by atoms with Crippen molar-refractivity contribution in [2.24, 2.45) is 12.0 Å². The van der Waals surface area contributed by atoms with Crippen molar-refractivity contribution in [1.82, 2.24) is 19.7 Å². The number of benzene rings is 1. The van der Waals surface area contributed by atoms with Gasteiger partial charge in [0.25, 0.3) is 0 Å². The number of alkyl halides is 2. The Kier molecular flexibility index (Phi) is 3.92. The number of fused-ring (bicyclic) bond motifs is 1. The molecule has 2 aromatic heterocycles. The molecule has 6 nitrogen and oxygen atoms in total. The molecule has 4 heterocycles. The number of aliphatic imine (C=N–C) groups is 1. The Balaban J connectivity index is 1.49. The molecular formula is C20H18F2N6. The molecule has 0 N–H and O–H groups in total. The van der Waals surface area contributed by atoms with Gasteiger partial charge in [-0.1, -0.05) is 12.1 Å². The molecule has 3 aromatic rings. The second-order valence-corrected chi connectivity index (χ2v) is 7.14. The van der Waals surface area contributed by atoms with Crippen LogP contribution in [0.2, 0.25) is 0 Å². The van der Waals surface area contributed by atoms with E-state index in [0.717, 1.165) is 28.0 Å². The first-order valence-electron chi connectivity index (χ1n) is 9.11. The van der Waals surface area contributed by atoms with Gasteiger partial charge >= 0.3 is 0 Å². The van der Waals surface area contributed by atoms with Crippen molar-refractivity contribution in [1.29, 1.82) is 0 Å². The number of anilines is 1. The average Bonchev–Trinajstić information content (AvgIpc) is 3.40. The maximum atomic E-state index is 13.6. The Hall–Kier alpha value is -3.16. The van der Waals surface area contributed by atoms with Crippen LogP contribution in [-0.2, 0) is 13.6 Å². The molecular weight excluding hydrogens is 362 g/mol. The van der Waals surface area contributed by atoms with Crippen LogP contribution in [0.5, 0.6) is 0 Å². The van der Waals surface area contributed by atoms with Gasteiger partial charge < -0.3 is 4.90 Å². The van der Waals surface area contributed by atoms with Crippen molar-refractivity contribution in [3.63, 3.8) is 0 Å². The van der Waals surface area contributed by atoms with Crippen LogP contribution in [0.3, 0.4) is 0 Å². The van der Waals surface area contributed by atoms with E-state index in [9.17, 15) is 8.78 Å². The number of hydrogen-bond donors (Lipinski definition) is 0. The van der Waals surface area contributed by atoms with E-state index in [2.05, 4.69) is 38.3 Å². The summed E-state index contributed by atoms with van der Waals surface area (Å²) in [7, 11) is 1.88. The Morgan fingerprint density at radius 3 is 2.61 bits per heavy atom. The van der Waals surface area contributed by atoms with Crippen molar-refractivity contribution in [3.05, 3.63) is 59.8 Å². The van der Waals surface area contributed by atoms with Gasteiger partial charge in [0.2, 0.25) is 0 Å². The number of aromatic nitrogens is 4. The summed E-state index contributed by atoms with van der Waals surface area (Å²) in [6, 6.07) is 7.98. The molecule has 1 fully saturated rings. The number of hydrogen-bond acceptors (Lipinski definition) is 5. The standard InChI is InChI=1S/C20H18F2N6/c1-27-8-14(7-26-27)12-2-3-13-6-23-20(15(13)4-12)18-5-19(25-11-24-18)28-9-16(21)17(22)10-28/h2-5,7-8,11,16-17H,6,9-10H2,1H3/t16-,17-/m0/s1. The van der Waals surface area contributed by atoms with Crippen LogP contribution in [-0.4, -0.2) is 50.9 Å². The summed E-state index contributed by atoms with van der Waals surface area (Å²) in [6.07, 6.45) is 2.25. The SMILES string of the molecule is Cn1cc(-c2ccc3c(c2)C(c2cc(N4C[C@H](F)[C@@H](F)C4)ncn2)=NC3)cn1. The quantitative estimate of drug-likeness (QED) is 0.701. The van der Waals surface area contributed by atoms with E-state index in [1.165, 1.54) is 6.33 Å². The molecule has 0 aliphatic carbocycles. The van der Waals surface area contributed by atoms with E-state index >= 15 is 0 Å². The predicted octanol–water partition coefficient (Wildman–Crippen LogP) is 2.72. The Labute approximate surface area is 160 Å². The molecule has 1 saturated heterocycles. The van der Waals surface area contributed by atoms with Crippen LogP contribution in [0, 0.1) is 0 Å². The third-order valence-corrected chi connectivity index (χ3v) is 5.21. The maximum absolute atomic E-state index is 13.6. The monoisotopic (exact) mass is 380 g/mol. The lowest BCUT2D eigenvalue weighted by atomic mass is 9.98. The molecule has 0 amide bonds. The Bertz CT molecular complexity index is 1070. The highest BCUT2D eigenvalue weighted by molar-refractivity contribution is 6.14. The van der Waals surface area contributed by atoms with Gasteiger partial charge in [-0.15, -0.1) is 0 Å². The van der Waals surface area contributed by atoms with Gasteiger partial charge in [-0.3, -0.25) is 9.67 Å². The van der Waals surface area contributed by atoms with Crippen molar-refractivity contribution >= 4 is 11.5 Å². The van der Waals surface area contributed by atoms with Gasteiger partial charge in [-0.2, -0.15) is 5.10 Å². The van der Waals surface area contributed by atoms with Crippen LogP contribution < -0.4 is 4.90 Å². The normalized spacial score (nSPS) is 21.1. The van der Waals surface area contributed by atoms with Gasteiger partial charge in [-0.25, -0.2) is 18.7 Å². The minimum absolute atomic E-state index is 0.00579. The highest BCUT2D eigenvalue weighted by Gasteiger charge is 2.34. The second kappa shape index (κ2) is 6.47. The molecule has 1 aromatic carbocycles. The summed E-state index contributed by atoms with van der Waals surface area (Å²) in [5.74, 6) is 0.521. The van der Waals surface area contributed by atoms with E-state index in [4.69, 9.17) is 0 Å². The van der Waals surface area contributed by atoms with Crippen LogP contribution in [0.25, 0.3) is 11.1 Å². The molecule has 8 heteroatoms. The topological polar surface area (TPSA) is 59.2 Å². The zero-order chi connectivity index (χ0) is 19.3. The van der Waals surface area contributed by atoms with E-state index in [-0.39, 0.29) is 13.1 Å². The average molecular weight is 380 g/mol. The molecule has 0 saturated carbocycles. The minimum atomic E-state index is -1.48. The first-order chi connectivity index (χ1) is 13.6. The zero-order valence-electron chi connectivity index (χ0n) is 15.3. The third-order valence-electron chi connectivity index (χ3n) is 5.21. The summed E-state index contributed by atoms with van der Waals surface area (Å²) >= 11 is 0. The minimum Gasteiger partial charge on any atom is -0.350 e. The van der Waals surface area contributed by atoms with E-state index in [0.29, 0.717) is 18.1 Å². The smallest absolute Gasteiger partial charge is 0.150 e. The van der Waals surface area contributed by atoms with Crippen LogP contribution in [0.15, 0.2) is 48.0 Å². The molecule has 0 radical (unpaired) electrons. The lowest BCUT2D eigenvalue weighted by Gasteiger charge is -2.16. The molecule has 142 valence electrons. The Morgan fingerprint density at radius 1 is 1.04 bits per heavy atom. The summed E-state index contributed by atoms with van der Waals surface area (Å²) in [5, 5.41) is 4.23. The molecule has 2 aliphatic rings. The molecule has 28 heavy (non-hydrogen) atoms. The third kappa shape index (κ3) is 2.85. The first kappa shape index (κ1) is 17.0. The van der Waals surface area contributed by atoms with Crippen molar-refractivity contribution in [3.8, 4) is 11.1 Å². The van der Waals surface area contributed by atoms with Gasteiger partial charge in [0.1, 0.15) is 12.1 Å². The number of halogens is 2. The molecule has 5 rings (SSSR count). The highest BCUT2D eigenvalue weighted by Crippen LogP contribution is 2.29. The summed E-state index contributed by atoms with van der Waals surface area (Å²) in [5.41, 5.74) is 5.65. The van der Waals surface area contributed by atoms with Gasteiger partial charge in [0.15, 0.2) is 12.3 Å². The van der Waals surface area contributed by atoms with Gasteiger partial charge in [0, 0.05) is 30.4 Å². The summed E-state index contributed by atoms with van der Waals surface area (Å²) in [4.78, 5) is 14.8. The van der Waals surface area contributed by atoms with E-state index < -0.39 is 12.3 Å². The second-order valence-electron chi connectivity index (χ2n) is 7.14. The number of nitrogens with zero attached hydrogens (tertiary/aromatic N) is 6.